The van der Waals surface area contributed by atoms with E-state index in [1.54, 1.807) is 0 Å². The molecule has 1 unspecified atom stereocenters. The first kappa shape index (κ1) is 11.9. The van der Waals surface area contributed by atoms with Crippen molar-refractivity contribution in [2.45, 2.75) is 25.8 Å². The van der Waals surface area contributed by atoms with Gasteiger partial charge in [-0.15, -0.1) is 0 Å². The molecule has 1 aromatic rings. The van der Waals surface area contributed by atoms with Crippen LogP contribution in [-0.4, -0.2) is 46.7 Å². The van der Waals surface area contributed by atoms with Gasteiger partial charge in [0.1, 0.15) is 11.4 Å². The van der Waals surface area contributed by atoms with Crippen LogP contribution in [0.5, 0.6) is 0 Å². The summed E-state index contributed by atoms with van der Waals surface area (Å²) in [6.45, 7) is 5.20. The third-order valence-electron chi connectivity index (χ3n) is 3.20. The second kappa shape index (κ2) is 5.18. The van der Waals surface area contributed by atoms with Crippen LogP contribution in [0, 0.1) is 0 Å². The Kier molecular flexibility index (Phi) is 3.63. The highest BCUT2D eigenvalue weighted by molar-refractivity contribution is 5.98. The van der Waals surface area contributed by atoms with E-state index in [4.69, 9.17) is 5.73 Å². The van der Waals surface area contributed by atoms with E-state index in [1.165, 1.54) is 6.20 Å². The van der Waals surface area contributed by atoms with Crippen LogP contribution in [-0.2, 0) is 0 Å². The van der Waals surface area contributed by atoms with Crippen molar-refractivity contribution in [2.75, 3.05) is 25.4 Å². The van der Waals surface area contributed by atoms with Crippen LogP contribution in [0.2, 0.25) is 0 Å². The topological polar surface area (TPSA) is 87.0 Å². The van der Waals surface area contributed by atoms with Gasteiger partial charge in [0, 0.05) is 12.6 Å². The molecule has 94 valence electrons. The first-order valence-corrected chi connectivity index (χ1v) is 6.02. The number of hydrogen-bond donors (Lipinski definition) is 3. The molecule has 0 spiro atoms. The van der Waals surface area contributed by atoms with Crippen molar-refractivity contribution in [1.82, 2.24) is 20.4 Å². The Morgan fingerprint density at radius 2 is 2.59 bits per heavy atom. The molecule has 0 radical (unpaired) electrons. The Labute approximate surface area is 101 Å². The largest absolute Gasteiger partial charge is 0.383 e. The summed E-state index contributed by atoms with van der Waals surface area (Å²) in [7, 11) is 0. The minimum absolute atomic E-state index is 0.140. The maximum absolute atomic E-state index is 11.9. The molecule has 6 heteroatoms. The second-order valence-corrected chi connectivity index (χ2v) is 4.40. The summed E-state index contributed by atoms with van der Waals surface area (Å²) in [5.41, 5.74) is 6.04. The number of likely N-dealkylation sites (tertiary alicyclic amines) is 1. The Morgan fingerprint density at radius 3 is 3.24 bits per heavy atom. The number of aromatic nitrogens is 2. The molecule has 1 amide bonds. The molecule has 0 bridgehead atoms. The lowest BCUT2D eigenvalue weighted by Crippen LogP contribution is -2.47. The van der Waals surface area contributed by atoms with Crippen molar-refractivity contribution in [3.05, 3.63) is 11.8 Å². The normalized spacial score (nSPS) is 21.4. The number of H-pyrrole nitrogens is 1. The molecule has 0 aromatic carbocycles. The molecule has 1 saturated heterocycles. The van der Waals surface area contributed by atoms with Crippen LogP contribution in [0.3, 0.4) is 0 Å². The maximum Gasteiger partial charge on any atom is 0.256 e. The number of nitrogens with two attached hydrogens (primary N) is 1. The number of aromatic amines is 1. The molecule has 1 atom stereocenters. The number of hydrogen-bond acceptors (Lipinski definition) is 4. The summed E-state index contributed by atoms with van der Waals surface area (Å²) in [5.74, 6) is 0.185. The number of amides is 1. The van der Waals surface area contributed by atoms with Gasteiger partial charge >= 0.3 is 0 Å². The predicted octanol–water partition coefficient (Wildman–Crippen LogP) is 0.206. The van der Waals surface area contributed by atoms with Gasteiger partial charge < -0.3 is 16.0 Å². The molecule has 4 N–H and O–H groups in total. The lowest BCUT2D eigenvalue weighted by atomic mass is 10.1. The molecule has 2 heterocycles. The van der Waals surface area contributed by atoms with Crippen LogP contribution in [0.25, 0.3) is 0 Å². The van der Waals surface area contributed by atoms with Crippen molar-refractivity contribution >= 4 is 11.7 Å². The van der Waals surface area contributed by atoms with Gasteiger partial charge in [0.25, 0.3) is 5.91 Å². The molecule has 6 nitrogen and oxygen atoms in total. The molecule has 17 heavy (non-hydrogen) atoms. The molecular weight excluding hydrogens is 218 g/mol. The summed E-state index contributed by atoms with van der Waals surface area (Å²) in [6, 6.07) is 0.213. The number of piperidine rings is 1. The summed E-state index contributed by atoms with van der Waals surface area (Å²) < 4.78 is 0. The number of nitrogens with one attached hydrogen (secondary N) is 2. The van der Waals surface area contributed by atoms with Crippen molar-refractivity contribution < 1.29 is 4.79 Å². The zero-order valence-corrected chi connectivity index (χ0v) is 10.1. The Hall–Kier alpha value is -1.56. The van der Waals surface area contributed by atoms with Gasteiger partial charge in [-0.25, -0.2) is 0 Å². The quantitative estimate of drug-likeness (QED) is 0.701. The first-order chi connectivity index (χ1) is 8.20. The number of anilines is 1. The van der Waals surface area contributed by atoms with Crippen LogP contribution in [0.1, 0.15) is 30.1 Å². The van der Waals surface area contributed by atoms with Gasteiger partial charge in [0.15, 0.2) is 0 Å². The highest BCUT2D eigenvalue weighted by Gasteiger charge is 2.22. The molecule has 0 aliphatic carbocycles. The van der Waals surface area contributed by atoms with E-state index in [9.17, 15) is 4.79 Å². The van der Waals surface area contributed by atoms with Crippen LogP contribution < -0.4 is 11.1 Å². The van der Waals surface area contributed by atoms with Gasteiger partial charge in [-0.05, 0) is 25.9 Å². The minimum atomic E-state index is -0.140. The highest BCUT2D eigenvalue weighted by Crippen LogP contribution is 2.11. The van der Waals surface area contributed by atoms with Crippen LogP contribution in [0.15, 0.2) is 6.20 Å². The zero-order chi connectivity index (χ0) is 12.3. The first-order valence-electron chi connectivity index (χ1n) is 6.02. The van der Waals surface area contributed by atoms with Gasteiger partial charge in [0.2, 0.25) is 0 Å². The van der Waals surface area contributed by atoms with E-state index in [-0.39, 0.29) is 11.9 Å². The third kappa shape index (κ3) is 2.76. The molecule has 2 rings (SSSR count). The minimum Gasteiger partial charge on any atom is -0.383 e. The summed E-state index contributed by atoms with van der Waals surface area (Å²) in [5, 5.41) is 9.31. The summed E-state index contributed by atoms with van der Waals surface area (Å²) >= 11 is 0. The van der Waals surface area contributed by atoms with E-state index in [2.05, 4.69) is 27.3 Å². The maximum atomic E-state index is 11.9. The Bertz CT molecular complexity index is 389. The standard InChI is InChI=1S/C11H19N5O/c1-2-16-5-3-4-8(7-16)14-11(17)9-6-13-15-10(9)12/h6,8H,2-5,7H2,1H3,(H,14,17)(H3,12,13,15). The highest BCUT2D eigenvalue weighted by atomic mass is 16.1. The number of rotatable bonds is 3. The number of likely N-dealkylation sites (N-methyl/N-ethyl adjacent to an activating group) is 1. The number of carbonyl (C=O) groups excluding carboxylic acids is 1. The average Bonchev–Trinajstić information content (AvgIpc) is 2.76. The molecule has 1 aliphatic heterocycles. The van der Waals surface area contributed by atoms with Crippen molar-refractivity contribution in [3.8, 4) is 0 Å². The van der Waals surface area contributed by atoms with E-state index in [1.807, 2.05) is 0 Å². The molecular formula is C11H19N5O. The van der Waals surface area contributed by atoms with Gasteiger partial charge in [0.05, 0.1) is 6.20 Å². The average molecular weight is 237 g/mol. The monoisotopic (exact) mass is 237 g/mol. The fourth-order valence-electron chi connectivity index (χ4n) is 2.20. The molecule has 1 aliphatic rings. The third-order valence-corrected chi connectivity index (χ3v) is 3.20. The van der Waals surface area contributed by atoms with E-state index < -0.39 is 0 Å². The van der Waals surface area contributed by atoms with Gasteiger partial charge in [-0.1, -0.05) is 6.92 Å². The lowest BCUT2D eigenvalue weighted by molar-refractivity contribution is 0.0907. The Morgan fingerprint density at radius 1 is 1.76 bits per heavy atom. The van der Waals surface area contributed by atoms with Gasteiger partial charge in [-0.2, -0.15) is 5.10 Å². The van der Waals surface area contributed by atoms with E-state index in [0.29, 0.717) is 11.4 Å². The smallest absolute Gasteiger partial charge is 0.256 e. The summed E-state index contributed by atoms with van der Waals surface area (Å²) in [4.78, 5) is 14.3. The number of nitrogens with zero attached hydrogens (tertiary/aromatic N) is 2. The molecule has 1 fully saturated rings. The van der Waals surface area contributed by atoms with Crippen molar-refractivity contribution in [1.29, 1.82) is 0 Å². The second-order valence-electron chi connectivity index (χ2n) is 4.40. The molecule has 1 aromatic heterocycles. The fraction of sp³-hybridized carbons (Fsp3) is 0.636. The van der Waals surface area contributed by atoms with Crippen LogP contribution >= 0.6 is 0 Å². The van der Waals surface area contributed by atoms with Crippen molar-refractivity contribution in [3.63, 3.8) is 0 Å². The molecule has 0 saturated carbocycles. The van der Waals surface area contributed by atoms with Gasteiger partial charge in [-0.3, -0.25) is 9.89 Å². The van der Waals surface area contributed by atoms with E-state index in [0.717, 1.165) is 32.5 Å². The number of nitrogen functional groups attached to an aromatic ring is 1. The van der Waals surface area contributed by atoms with E-state index >= 15 is 0 Å². The van der Waals surface area contributed by atoms with Crippen molar-refractivity contribution in [2.24, 2.45) is 0 Å². The number of carbonyl (C=O) groups is 1. The fourth-order valence-corrected chi connectivity index (χ4v) is 2.20. The lowest BCUT2D eigenvalue weighted by Gasteiger charge is -2.32. The summed E-state index contributed by atoms with van der Waals surface area (Å²) in [6.07, 6.45) is 3.62. The Balaban J connectivity index is 1.93. The van der Waals surface area contributed by atoms with Crippen LogP contribution in [0.4, 0.5) is 5.82 Å². The zero-order valence-electron chi connectivity index (χ0n) is 10.1. The SMILES string of the molecule is CCN1CCCC(NC(=O)c2cn[nH]c2N)C1. The predicted molar refractivity (Wildman–Crippen MR) is 65.6 cm³/mol.